The van der Waals surface area contributed by atoms with Crippen molar-refractivity contribution >= 4 is 12.1 Å². The number of benzene rings is 2. The topological polar surface area (TPSA) is 70.9 Å². The molecule has 0 fully saturated rings. The van der Waals surface area contributed by atoms with Crippen molar-refractivity contribution in [2.45, 2.75) is 13.8 Å². The first kappa shape index (κ1) is 15.6. The summed E-state index contributed by atoms with van der Waals surface area (Å²) in [6, 6.07) is 12.3. The van der Waals surface area contributed by atoms with Gasteiger partial charge in [-0.1, -0.05) is 23.8 Å². The summed E-state index contributed by atoms with van der Waals surface area (Å²) in [7, 11) is 0. The summed E-state index contributed by atoms with van der Waals surface area (Å²) in [6.45, 7) is 4.21. The normalized spacial score (nSPS) is 10.6. The van der Waals surface area contributed by atoms with E-state index in [9.17, 15) is 9.90 Å². The lowest BCUT2D eigenvalue weighted by Gasteiger charge is -2.07. The van der Waals surface area contributed by atoms with Crippen molar-refractivity contribution in [3.8, 4) is 11.5 Å². The number of phenols is 1. The lowest BCUT2D eigenvalue weighted by atomic mass is 10.1. The number of nitrogens with one attached hydrogen (secondary N) is 1. The van der Waals surface area contributed by atoms with Gasteiger partial charge in [-0.15, -0.1) is 0 Å². The number of rotatable bonds is 5. The van der Waals surface area contributed by atoms with Gasteiger partial charge in [-0.25, -0.2) is 5.43 Å². The minimum Gasteiger partial charge on any atom is -0.504 e. The van der Waals surface area contributed by atoms with Crippen LogP contribution in [-0.2, 0) is 0 Å². The number of para-hydroxylation sites is 1. The highest BCUT2D eigenvalue weighted by molar-refractivity contribution is 5.95. The smallest absolute Gasteiger partial charge is 0.271 e. The average molecular weight is 298 g/mol. The zero-order chi connectivity index (χ0) is 15.9. The van der Waals surface area contributed by atoms with Gasteiger partial charge in [0.2, 0.25) is 0 Å². The molecular formula is C17H18N2O3. The Bertz CT molecular complexity index is 696. The SMILES string of the molecule is CCOc1cccc(C=NNC(=O)c2cccc(C)c2)c1O. The van der Waals surface area contributed by atoms with Crippen LogP contribution in [0, 0.1) is 6.92 Å². The van der Waals surface area contributed by atoms with Gasteiger partial charge >= 0.3 is 0 Å². The molecule has 0 saturated heterocycles. The number of amides is 1. The monoisotopic (exact) mass is 298 g/mol. The Balaban J connectivity index is 2.07. The van der Waals surface area contributed by atoms with Gasteiger partial charge in [0, 0.05) is 11.1 Å². The van der Waals surface area contributed by atoms with E-state index in [1.807, 2.05) is 26.0 Å². The molecule has 114 valence electrons. The third-order valence-electron chi connectivity index (χ3n) is 2.98. The van der Waals surface area contributed by atoms with E-state index in [4.69, 9.17) is 4.74 Å². The Morgan fingerprint density at radius 2 is 2.09 bits per heavy atom. The molecule has 22 heavy (non-hydrogen) atoms. The fraction of sp³-hybridized carbons (Fsp3) is 0.176. The summed E-state index contributed by atoms with van der Waals surface area (Å²) < 4.78 is 5.29. The van der Waals surface area contributed by atoms with E-state index >= 15 is 0 Å². The Morgan fingerprint density at radius 3 is 2.82 bits per heavy atom. The van der Waals surface area contributed by atoms with Gasteiger partial charge in [0.1, 0.15) is 0 Å². The molecule has 5 heteroatoms. The van der Waals surface area contributed by atoms with E-state index in [0.717, 1.165) is 5.56 Å². The molecule has 0 aromatic heterocycles. The number of hydrogen-bond acceptors (Lipinski definition) is 4. The summed E-state index contributed by atoms with van der Waals surface area (Å²) in [5.41, 5.74) is 4.43. The van der Waals surface area contributed by atoms with Crippen molar-refractivity contribution < 1.29 is 14.6 Å². The number of nitrogens with zero attached hydrogens (tertiary/aromatic N) is 1. The highest BCUT2D eigenvalue weighted by atomic mass is 16.5. The second kappa shape index (κ2) is 7.26. The van der Waals surface area contributed by atoms with Gasteiger partial charge in [-0.3, -0.25) is 4.79 Å². The molecule has 0 bridgehead atoms. The van der Waals surface area contributed by atoms with E-state index in [0.29, 0.717) is 23.5 Å². The first-order valence-corrected chi connectivity index (χ1v) is 6.96. The molecule has 0 radical (unpaired) electrons. The molecule has 1 amide bonds. The maximum absolute atomic E-state index is 11.9. The van der Waals surface area contributed by atoms with Crippen molar-refractivity contribution in [3.05, 3.63) is 59.2 Å². The van der Waals surface area contributed by atoms with E-state index in [2.05, 4.69) is 10.5 Å². The molecule has 0 atom stereocenters. The zero-order valence-corrected chi connectivity index (χ0v) is 12.5. The maximum Gasteiger partial charge on any atom is 0.271 e. The second-order valence-electron chi connectivity index (χ2n) is 4.70. The van der Waals surface area contributed by atoms with Crippen LogP contribution in [-0.4, -0.2) is 23.8 Å². The molecule has 0 aliphatic rings. The van der Waals surface area contributed by atoms with Crippen LogP contribution >= 0.6 is 0 Å². The van der Waals surface area contributed by atoms with Crippen molar-refractivity contribution in [3.63, 3.8) is 0 Å². The number of aryl methyl sites for hydroxylation is 1. The zero-order valence-electron chi connectivity index (χ0n) is 12.5. The highest BCUT2D eigenvalue weighted by Crippen LogP contribution is 2.28. The van der Waals surface area contributed by atoms with Crippen LogP contribution in [0.1, 0.15) is 28.4 Å². The number of carbonyl (C=O) groups excluding carboxylic acids is 1. The first-order chi connectivity index (χ1) is 10.6. The Hall–Kier alpha value is -2.82. The number of ether oxygens (including phenoxy) is 1. The second-order valence-corrected chi connectivity index (χ2v) is 4.70. The molecule has 0 unspecified atom stereocenters. The lowest BCUT2D eigenvalue weighted by Crippen LogP contribution is -2.17. The fourth-order valence-corrected chi connectivity index (χ4v) is 1.93. The van der Waals surface area contributed by atoms with Crippen LogP contribution in [0.3, 0.4) is 0 Å². The summed E-state index contributed by atoms with van der Waals surface area (Å²) >= 11 is 0. The van der Waals surface area contributed by atoms with Crippen LogP contribution in [0.15, 0.2) is 47.6 Å². The Labute approximate surface area is 129 Å². The predicted molar refractivity (Wildman–Crippen MR) is 85.5 cm³/mol. The molecule has 0 aliphatic heterocycles. The van der Waals surface area contributed by atoms with Crippen LogP contribution in [0.25, 0.3) is 0 Å². The molecule has 2 N–H and O–H groups in total. The Kier molecular flexibility index (Phi) is 5.14. The minimum atomic E-state index is -0.305. The van der Waals surface area contributed by atoms with Gasteiger partial charge in [0.25, 0.3) is 5.91 Å². The van der Waals surface area contributed by atoms with E-state index in [1.165, 1.54) is 6.21 Å². The first-order valence-electron chi connectivity index (χ1n) is 6.96. The van der Waals surface area contributed by atoms with E-state index < -0.39 is 0 Å². The summed E-state index contributed by atoms with van der Waals surface area (Å²) in [6.07, 6.45) is 1.38. The quantitative estimate of drug-likeness (QED) is 0.658. The van der Waals surface area contributed by atoms with Crippen LogP contribution in [0.5, 0.6) is 11.5 Å². The summed E-state index contributed by atoms with van der Waals surface area (Å²) in [4.78, 5) is 11.9. The Morgan fingerprint density at radius 1 is 1.32 bits per heavy atom. The number of aromatic hydroxyl groups is 1. The molecule has 2 aromatic rings. The molecule has 2 aromatic carbocycles. The highest BCUT2D eigenvalue weighted by Gasteiger charge is 2.06. The lowest BCUT2D eigenvalue weighted by molar-refractivity contribution is 0.0955. The van der Waals surface area contributed by atoms with Gasteiger partial charge < -0.3 is 9.84 Å². The van der Waals surface area contributed by atoms with Crippen molar-refractivity contribution in [1.82, 2.24) is 5.43 Å². The average Bonchev–Trinajstić information content (AvgIpc) is 2.51. The summed E-state index contributed by atoms with van der Waals surface area (Å²) in [5.74, 6) is 0.0785. The van der Waals surface area contributed by atoms with Crippen LogP contribution < -0.4 is 10.2 Å². The van der Waals surface area contributed by atoms with E-state index in [1.54, 1.807) is 30.3 Å². The minimum absolute atomic E-state index is 0.00194. The van der Waals surface area contributed by atoms with Crippen LogP contribution in [0.2, 0.25) is 0 Å². The van der Waals surface area contributed by atoms with Gasteiger partial charge in [0.15, 0.2) is 11.5 Å². The van der Waals surface area contributed by atoms with Crippen LogP contribution in [0.4, 0.5) is 0 Å². The van der Waals surface area contributed by atoms with Gasteiger partial charge in [-0.2, -0.15) is 5.10 Å². The van der Waals surface area contributed by atoms with Crippen molar-refractivity contribution in [2.75, 3.05) is 6.61 Å². The molecule has 5 nitrogen and oxygen atoms in total. The van der Waals surface area contributed by atoms with Crippen molar-refractivity contribution in [2.24, 2.45) is 5.10 Å². The predicted octanol–water partition coefficient (Wildman–Crippen LogP) is 2.86. The molecule has 0 saturated carbocycles. The molecule has 0 aliphatic carbocycles. The molecule has 0 spiro atoms. The number of phenolic OH excluding ortho intramolecular Hbond substituents is 1. The van der Waals surface area contributed by atoms with Gasteiger partial charge in [-0.05, 0) is 38.1 Å². The standard InChI is InChI=1S/C17H18N2O3/c1-3-22-15-9-5-8-14(16(15)20)11-18-19-17(21)13-7-4-6-12(2)10-13/h4-11,20H,3H2,1-2H3,(H,19,21). The number of hydrazone groups is 1. The summed E-state index contributed by atoms with van der Waals surface area (Å²) in [5, 5.41) is 13.9. The number of hydrogen-bond donors (Lipinski definition) is 2. The van der Waals surface area contributed by atoms with E-state index in [-0.39, 0.29) is 11.7 Å². The number of carbonyl (C=O) groups is 1. The third-order valence-corrected chi connectivity index (χ3v) is 2.98. The fourth-order valence-electron chi connectivity index (χ4n) is 1.93. The van der Waals surface area contributed by atoms with Crippen molar-refractivity contribution in [1.29, 1.82) is 0 Å². The maximum atomic E-state index is 11.9. The third kappa shape index (κ3) is 3.85. The largest absolute Gasteiger partial charge is 0.504 e. The van der Waals surface area contributed by atoms with Gasteiger partial charge in [0.05, 0.1) is 12.8 Å². The molecule has 0 heterocycles. The molecule has 2 rings (SSSR count). The molecular weight excluding hydrogens is 280 g/mol.